The van der Waals surface area contributed by atoms with E-state index in [0.717, 1.165) is 114 Å². The van der Waals surface area contributed by atoms with Gasteiger partial charge in [0.25, 0.3) is 0 Å². The zero-order chi connectivity index (χ0) is 75.3. The number of phosphoric ester groups is 2. The molecular formula is C83H162O17P2. The second kappa shape index (κ2) is 72.0. The third-order valence-corrected chi connectivity index (χ3v) is 21.9. The van der Waals surface area contributed by atoms with Gasteiger partial charge >= 0.3 is 39.5 Å². The van der Waals surface area contributed by atoms with Gasteiger partial charge in [-0.05, 0) is 49.4 Å². The van der Waals surface area contributed by atoms with Gasteiger partial charge in [-0.1, -0.05) is 376 Å². The van der Waals surface area contributed by atoms with Crippen LogP contribution in [0.3, 0.4) is 0 Å². The van der Waals surface area contributed by atoms with E-state index in [2.05, 4.69) is 55.4 Å². The van der Waals surface area contributed by atoms with E-state index in [1.165, 1.54) is 225 Å². The lowest BCUT2D eigenvalue weighted by atomic mass is 9.99. The molecule has 0 aliphatic rings. The second-order valence-electron chi connectivity index (χ2n) is 31.3. The Labute approximate surface area is 626 Å². The number of hydrogen-bond donors (Lipinski definition) is 3. The van der Waals surface area contributed by atoms with E-state index < -0.39 is 97.5 Å². The lowest BCUT2D eigenvalue weighted by Crippen LogP contribution is -2.30. The summed E-state index contributed by atoms with van der Waals surface area (Å²) in [6.45, 7) is 14.3. The number of carbonyl (C=O) groups is 4. The number of rotatable bonds is 80. The van der Waals surface area contributed by atoms with Crippen LogP contribution in [0.15, 0.2) is 0 Å². The number of aliphatic hydroxyl groups excluding tert-OH is 1. The summed E-state index contributed by atoms with van der Waals surface area (Å²) in [6, 6.07) is 0. The Bertz CT molecular complexity index is 1990. The highest BCUT2D eigenvalue weighted by molar-refractivity contribution is 7.47. The summed E-state index contributed by atoms with van der Waals surface area (Å²) < 4.78 is 68.8. The van der Waals surface area contributed by atoms with Crippen LogP contribution in [0.25, 0.3) is 0 Å². The molecule has 17 nitrogen and oxygen atoms in total. The highest BCUT2D eigenvalue weighted by Gasteiger charge is 2.30. The van der Waals surface area contributed by atoms with Gasteiger partial charge in [-0.15, -0.1) is 0 Å². The highest BCUT2D eigenvalue weighted by Crippen LogP contribution is 2.45. The average Bonchev–Trinajstić information content (AvgIpc) is 0.962. The summed E-state index contributed by atoms with van der Waals surface area (Å²) in [5.41, 5.74) is 0. The molecule has 0 heterocycles. The summed E-state index contributed by atoms with van der Waals surface area (Å²) >= 11 is 0. The summed E-state index contributed by atoms with van der Waals surface area (Å²) in [6.07, 6.45) is 59.7. The zero-order valence-electron chi connectivity index (χ0n) is 67.2. The maximum atomic E-state index is 13.1. The molecule has 5 unspecified atom stereocenters. The molecule has 19 heteroatoms. The Kier molecular flexibility index (Phi) is 70.6. The van der Waals surface area contributed by atoms with Gasteiger partial charge in [0, 0.05) is 25.7 Å². The molecule has 0 rings (SSSR count). The SMILES string of the molecule is CCC(C)CCCCCCCCCCCCCCCCCCCCC(=O)OC[C@H](COP(=O)(O)OCC(O)COP(=O)(O)OC[C@@H](COC(=O)CCCCCCCCCC(C)C)OC(=O)CCCCCCCCCCCCC(C)CC)OC(=O)CCCCCCCCCCCCCCCC(C)C. The quantitative estimate of drug-likeness (QED) is 0.0222. The molecule has 0 aliphatic carbocycles. The fraction of sp³-hybridized carbons (Fsp3) is 0.952. The molecule has 0 amide bonds. The fourth-order valence-electron chi connectivity index (χ4n) is 12.7. The van der Waals surface area contributed by atoms with E-state index in [-0.39, 0.29) is 25.7 Å². The first-order valence-electron chi connectivity index (χ1n) is 42.8. The van der Waals surface area contributed by atoms with E-state index in [1.54, 1.807) is 0 Å². The van der Waals surface area contributed by atoms with Crippen molar-refractivity contribution in [1.29, 1.82) is 0 Å². The zero-order valence-corrected chi connectivity index (χ0v) is 69.0. The van der Waals surface area contributed by atoms with Gasteiger partial charge in [0.05, 0.1) is 26.4 Å². The molecule has 0 fully saturated rings. The Morgan fingerprint density at radius 2 is 0.471 bits per heavy atom. The van der Waals surface area contributed by atoms with Gasteiger partial charge < -0.3 is 33.8 Å². The first-order chi connectivity index (χ1) is 49.2. The number of unbranched alkanes of at least 4 members (excludes halogenated alkanes) is 44. The molecule has 0 saturated carbocycles. The number of carbonyl (C=O) groups excluding carboxylic acids is 4. The summed E-state index contributed by atoms with van der Waals surface area (Å²) in [4.78, 5) is 73.1. The minimum Gasteiger partial charge on any atom is -0.462 e. The van der Waals surface area contributed by atoms with E-state index in [9.17, 15) is 43.2 Å². The van der Waals surface area contributed by atoms with Crippen molar-refractivity contribution in [3.05, 3.63) is 0 Å². The van der Waals surface area contributed by atoms with Crippen molar-refractivity contribution in [2.45, 2.75) is 446 Å². The van der Waals surface area contributed by atoms with Crippen LogP contribution >= 0.6 is 15.6 Å². The minimum atomic E-state index is -4.96. The van der Waals surface area contributed by atoms with Crippen LogP contribution in [0.1, 0.15) is 428 Å². The summed E-state index contributed by atoms with van der Waals surface area (Å²) in [5.74, 6) is 1.06. The van der Waals surface area contributed by atoms with Crippen LogP contribution in [0.2, 0.25) is 0 Å². The van der Waals surface area contributed by atoms with Gasteiger partial charge in [0.15, 0.2) is 12.2 Å². The molecule has 0 aromatic rings. The molecule has 0 radical (unpaired) electrons. The van der Waals surface area contributed by atoms with Crippen molar-refractivity contribution in [2.24, 2.45) is 23.7 Å². The molecule has 7 atom stereocenters. The van der Waals surface area contributed by atoms with Crippen molar-refractivity contribution in [3.63, 3.8) is 0 Å². The van der Waals surface area contributed by atoms with Gasteiger partial charge in [-0.3, -0.25) is 37.3 Å². The monoisotopic (exact) mass is 1490 g/mol. The lowest BCUT2D eigenvalue weighted by Gasteiger charge is -2.21. The first kappa shape index (κ1) is 100. The maximum absolute atomic E-state index is 13.1. The molecular weight excluding hydrogens is 1330 g/mol. The third-order valence-electron chi connectivity index (χ3n) is 20.0. The Morgan fingerprint density at radius 3 is 0.696 bits per heavy atom. The molecule has 3 N–H and O–H groups in total. The fourth-order valence-corrected chi connectivity index (χ4v) is 14.3. The van der Waals surface area contributed by atoms with Crippen molar-refractivity contribution in [3.8, 4) is 0 Å². The highest BCUT2D eigenvalue weighted by atomic mass is 31.2. The smallest absolute Gasteiger partial charge is 0.462 e. The van der Waals surface area contributed by atoms with Gasteiger partial charge in [0.2, 0.25) is 0 Å². The van der Waals surface area contributed by atoms with Crippen molar-refractivity contribution < 1.29 is 80.2 Å². The van der Waals surface area contributed by atoms with Crippen molar-refractivity contribution >= 4 is 39.5 Å². The number of ether oxygens (including phenoxy) is 4. The van der Waals surface area contributed by atoms with Gasteiger partial charge in [0.1, 0.15) is 19.3 Å². The van der Waals surface area contributed by atoms with Crippen LogP contribution in [0, 0.1) is 23.7 Å². The average molecular weight is 1490 g/mol. The predicted octanol–water partition coefficient (Wildman–Crippen LogP) is 24.8. The third kappa shape index (κ3) is 73.6. The number of phosphoric acid groups is 2. The first-order valence-corrected chi connectivity index (χ1v) is 45.8. The molecule has 606 valence electrons. The summed E-state index contributed by atoms with van der Waals surface area (Å²) in [5, 5.41) is 10.6. The standard InChI is InChI=1S/C83H162O17P2/c1-9-75(7)61-53-45-37-29-23-19-15-13-11-12-14-16-20-24-31-39-47-55-63-80(85)93-69-78(99-82(87)65-57-49-40-32-25-21-17-18-22-28-35-43-51-59-73(3)4)71-97-101(89,90)95-67-77(84)68-96-102(91,92)98-72-79(70-94-81(86)64-56-48-42-34-36-44-52-60-74(5)6)100-83(88)66-58-50-41-33-27-26-30-38-46-54-62-76(8)10-2/h73-79,84H,9-72H2,1-8H3,(H,89,90)(H,91,92)/t75?,76?,77?,78-,79-/m1/s1. The Balaban J connectivity index is 5.21. The largest absolute Gasteiger partial charge is 0.472 e. The minimum absolute atomic E-state index is 0.105. The van der Waals surface area contributed by atoms with Gasteiger partial charge in [-0.25, -0.2) is 9.13 Å². The van der Waals surface area contributed by atoms with E-state index >= 15 is 0 Å². The Morgan fingerprint density at radius 1 is 0.275 bits per heavy atom. The van der Waals surface area contributed by atoms with Gasteiger partial charge in [-0.2, -0.15) is 0 Å². The molecule has 0 aromatic carbocycles. The van der Waals surface area contributed by atoms with Crippen LogP contribution in [-0.2, 0) is 65.4 Å². The molecule has 102 heavy (non-hydrogen) atoms. The van der Waals surface area contributed by atoms with Crippen molar-refractivity contribution in [1.82, 2.24) is 0 Å². The van der Waals surface area contributed by atoms with Crippen molar-refractivity contribution in [2.75, 3.05) is 39.6 Å². The maximum Gasteiger partial charge on any atom is 0.472 e. The number of aliphatic hydroxyl groups is 1. The Hall–Kier alpha value is -1.94. The van der Waals surface area contributed by atoms with Crippen LogP contribution in [0.4, 0.5) is 0 Å². The van der Waals surface area contributed by atoms with Crippen LogP contribution in [0.5, 0.6) is 0 Å². The predicted molar refractivity (Wildman–Crippen MR) is 418 cm³/mol. The molecule has 0 bridgehead atoms. The normalized spacial score (nSPS) is 14.5. The number of esters is 4. The molecule has 0 saturated heterocycles. The molecule has 0 aromatic heterocycles. The van der Waals surface area contributed by atoms with Crippen LogP contribution in [-0.4, -0.2) is 96.7 Å². The lowest BCUT2D eigenvalue weighted by molar-refractivity contribution is -0.161. The summed E-state index contributed by atoms with van der Waals surface area (Å²) in [7, 11) is -9.92. The number of hydrogen-bond acceptors (Lipinski definition) is 15. The van der Waals surface area contributed by atoms with E-state index in [0.29, 0.717) is 31.6 Å². The molecule has 0 aliphatic heterocycles. The van der Waals surface area contributed by atoms with E-state index in [1.807, 2.05) is 0 Å². The van der Waals surface area contributed by atoms with E-state index in [4.69, 9.17) is 37.0 Å². The second-order valence-corrected chi connectivity index (χ2v) is 34.2. The molecule has 0 spiro atoms. The topological polar surface area (TPSA) is 237 Å². The van der Waals surface area contributed by atoms with Crippen LogP contribution < -0.4 is 0 Å².